The summed E-state index contributed by atoms with van der Waals surface area (Å²) in [5, 5.41) is 4.80. The third kappa shape index (κ3) is 2.98. The van der Waals surface area contributed by atoms with E-state index in [1.807, 2.05) is 36.4 Å². The predicted octanol–water partition coefficient (Wildman–Crippen LogP) is 4.06. The Balaban J connectivity index is 1.68. The molecule has 3 heterocycles. The summed E-state index contributed by atoms with van der Waals surface area (Å²) in [4.78, 5) is 17.5. The van der Waals surface area contributed by atoms with Gasteiger partial charge in [-0.25, -0.2) is 9.50 Å². The number of carbonyl (C=O) groups excluding carboxylic acids is 1. The summed E-state index contributed by atoms with van der Waals surface area (Å²) >= 11 is 0. The molecule has 1 aliphatic carbocycles. The van der Waals surface area contributed by atoms with Gasteiger partial charge in [-0.3, -0.25) is 4.79 Å². The van der Waals surface area contributed by atoms with E-state index in [1.165, 1.54) is 0 Å². The molecule has 0 fully saturated rings. The molecular formula is C23H21N3O4. The average Bonchev–Trinajstić information content (AvgIpc) is 3.42. The number of hydrogen-bond acceptors (Lipinski definition) is 6. The second-order valence-corrected chi connectivity index (χ2v) is 7.38. The molecule has 0 N–H and O–H groups in total. The van der Waals surface area contributed by atoms with Gasteiger partial charge in [0.2, 0.25) is 0 Å². The Hall–Kier alpha value is -3.45. The van der Waals surface area contributed by atoms with E-state index in [0.29, 0.717) is 30.7 Å². The number of hydrogen-bond donors (Lipinski definition) is 0. The van der Waals surface area contributed by atoms with Crippen LogP contribution < -0.4 is 4.74 Å². The quantitative estimate of drug-likeness (QED) is 0.500. The lowest BCUT2D eigenvalue weighted by molar-refractivity contribution is 0.0958. The lowest BCUT2D eigenvalue weighted by atomic mass is 9.85. The molecule has 0 aliphatic heterocycles. The van der Waals surface area contributed by atoms with Crippen molar-refractivity contribution in [1.29, 1.82) is 0 Å². The van der Waals surface area contributed by atoms with Gasteiger partial charge in [-0.1, -0.05) is 12.1 Å². The van der Waals surface area contributed by atoms with E-state index >= 15 is 0 Å². The summed E-state index contributed by atoms with van der Waals surface area (Å²) in [7, 11) is 3.28. The molecule has 4 aromatic rings. The molecular weight excluding hydrogens is 382 g/mol. The van der Waals surface area contributed by atoms with Crippen molar-refractivity contribution < 1.29 is 18.7 Å². The van der Waals surface area contributed by atoms with Crippen molar-refractivity contribution in [2.45, 2.75) is 25.4 Å². The summed E-state index contributed by atoms with van der Waals surface area (Å²) in [6.07, 6.45) is 4.38. The second-order valence-electron chi connectivity index (χ2n) is 7.38. The fourth-order valence-corrected chi connectivity index (χ4v) is 4.16. The summed E-state index contributed by atoms with van der Waals surface area (Å²) < 4.78 is 18.1. The fourth-order valence-electron chi connectivity index (χ4n) is 4.16. The van der Waals surface area contributed by atoms with Gasteiger partial charge in [-0.2, -0.15) is 5.10 Å². The molecule has 7 heteroatoms. The van der Waals surface area contributed by atoms with E-state index in [-0.39, 0.29) is 11.7 Å². The largest absolute Gasteiger partial charge is 0.497 e. The van der Waals surface area contributed by atoms with Gasteiger partial charge >= 0.3 is 0 Å². The number of fused-ring (bicyclic) bond motifs is 3. The first-order valence-corrected chi connectivity index (χ1v) is 9.79. The van der Waals surface area contributed by atoms with Crippen LogP contribution in [0.2, 0.25) is 0 Å². The molecule has 1 aliphatic rings. The van der Waals surface area contributed by atoms with E-state index in [1.54, 1.807) is 31.2 Å². The monoisotopic (exact) mass is 403 g/mol. The van der Waals surface area contributed by atoms with Gasteiger partial charge in [-0.15, -0.1) is 0 Å². The number of ether oxygens (including phenoxy) is 2. The fraction of sp³-hybridized carbons (Fsp3) is 0.261. The molecule has 5 rings (SSSR count). The van der Waals surface area contributed by atoms with Crippen LogP contribution in [0.15, 0.2) is 53.3 Å². The highest BCUT2D eigenvalue weighted by molar-refractivity contribution is 5.99. The molecule has 0 amide bonds. The first-order chi connectivity index (χ1) is 14.7. The van der Waals surface area contributed by atoms with E-state index in [0.717, 1.165) is 34.0 Å². The number of methoxy groups -OCH3 is 2. The molecule has 1 atom stereocenters. The zero-order valence-corrected chi connectivity index (χ0v) is 16.8. The highest BCUT2D eigenvalue weighted by Crippen LogP contribution is 2.36. The van der Waals surface area contributed by atoms with Crippen LogP contribution in [0.4, 0.5) is 0 Å². The molecule has 3 aromatic heterocycles. The van der Waals surface area contributed by atoms with Crippen molar-refractivity contribution >= 4 is 11.4 Å². The Kier molecular flexibility index (Phi) is 4.59. The number of rotatable bonds is 5. The van der Waals surface area contributed by atoms with Gasteiger partial charge in [0.15, 0.2) is 11.4 Å². The second kappa shape index (κ2) is 7.42. The minimum absolute atomic E-state index is 0.00916. The Labute approximate surface area is 173 Å². The number of Topliss-reactive ketones (excluding diaryl/α,β-unsaturated/α-hetero) is 1. The molecule has 0 spiro atoms. The van der Waals surface area contributed by atoms with Crippen LogP contribution in [0.25, 0.3) is 16.8 Å². The standard InChI is InChI=1S/C23H21N3O4/c1-28-13-18-22(14-5-7-16(29-2)8-6-14)23-24-12-17-19(26(23)25-18)10-15(11-20(17)27)21-4-3-9-30-21/h3-9,12,15H,10-11,13H2,1-2H3/t15-/m0/s1. The Morgan fingerprint density at radius 3 is 2.70 bits per heavy atom. The summed E-state index contributed by atoms with van der Waals surface area (Å²) in [5.41, 5.74) is 4.83. The maximum atomic E-state index is 12.8. The number of carbonyl (C=O) groups is 1. The van der Waals surface area contributed by atoms with Crippen molar-refractivity contribution in [3.05, 3.63) is 71.6 Å². The molecule has 0 unspecified atom stereocenters. The Bertz CT molecular complexity index is 1210. The van der Waals surface area contributed by atoms with Gasteiger partial charge in [0.05, 0.1) is 42.5 Å². The molecule has 0 saturated heterocycles. The van der Waals surface area contributed by atoms with E-state index < -0.39 is 0 Å². The number of benzene rings is 1. The topological polar surface area (TPSA) is 78.9 Å². The van der Waals surface area contributed by atoms with Crippen LogP contribution in [0, 0.1) is 0 Å². The number of furan rings is 1. The van der Waals surface area contributed by atoms with Crippen LogP contribution in [0.1, 0.15) is 39.8 Å². The van der Waals surface area contributed by atoms with Gasteiger partial charge in [0.25, 0.3) is 0 Å². The lowest BCUT2D eigenvalue weighted by Crippen LogP contribution is -2.22. The SMILES string of the molecule is COCc1nn2c3c(cnc2c1-c1ccc(OC)cc1)C(=O)C[C@@H](c1ccco1)C3. The van der Waals surface area contributed by atoms with E-state index in [2.05, 4.69) is 4.98 Å². The smallest absolute Gasteiger partial charge is 0.167 e. The number of nitrogens with zero attached hydrogens (tertiary/aromatic N) is 3. The zero-order valence-electron chi connectivity index (χ0n) is 16.8. The summed E-state index contributed by atoms with van der Waals surface area (Å²) in [5.74, 6) is 1.64. The molecule has 0 saturated carbocycles. The highest BCUT2D eigenvalue weighted by atomic mass is 16.5. The van der Waals surface area contributed by atoms with E-state index in [4.69, 9.17) is 19.0 Å². The Morgan fingerprint density at radius 2 is 2.00 bits per heavy atom. The number of aromatic nitrogens is 3. The molecule has 7 nitrogen and oxygen atoms in total. The van der Waals surface area contributed by atoms with Gasteiger partial charge < -0.3 is 13.9 Å². The van der Waals surface area contributed by atoms with Crippen molar-refractivity contribution in [2.24, 2.45) is 0 Å². The maximum Gasteiger partial charge on any atom is 0.167 e. The van der Waals surface area contributed by atoms with E-state index in [9.17, 15) is 4.79 Å². The minimum Gasteiger partial charge on any atom is -0.497 e. The molecule has 152 valence electrons. The molecule has 30 heavy (non-hydrogen) atoms. The summed E-state index contributed by atoms with van der Waals surface area (Å²) in [6, 6.07) is 11.5. The lowest BCUT2D eigenvalue weighted by Gasteiger charge is -2.22. The van der Waals surface area contributed by atoms with Gasteiger partial charge in [0, 0.05) is 32.1 Å². The van der Waals surface area contributed by atoms with Crippen molar-refractivity contribution in [1.82, 2.24) is 14.6 Å². The van der Waals surface area contributed by atoms with Crippen LogP contribution in [-0.2, 0) is 17.8 Å². The normalized spacial score (nSPS) is 16.1. The zero-order chi connectivity index (χ0) is 20.7. The van der Waals surface area contributed by atoms with Gasteiger partial charge in [-0.05, 0) is 29.8 Å². The maximum absolute atomic E-state index is 12.8. The van der Waals surface area contributed by atoms with Crippen molar-refractivity contribution in [2.75, 3.05) is 14.2 Å². The van der Waals surface area contributed by atoms with Crippen LogP contribution in [0.5, 0.6) is 5.75 Å². The predicted molar refractivity (Wildman–Crippen MR) is 110 cm³/mol. The molecule has 0 radical (unpaired) electrons. The van der Waals surface area contributed by atoms with Gasteiger partial charge in [0.1, 0.15) is 11.5 Å². The van der Waals surface area contributed by atoms with Crippen LogP contribution in [0.3, 0.4) is 0 Å². The number of ketones is 1. The first-order valence-electron chi connectivity index (χ1n) is 9.79. The molecule has 0 bridgehead atoms. The van der Waals surface area contributed by atoms with Crippen molar-refractivity contribution in [3.8, 4) is 16.9 Å². The highest BCUT2D eigenvalue weighted by Gasteiger charge is 2.31. The van der Waals surface area contributed by atoms with Crippen LogP contribution in [-0.4, -0.2) is 34.6 Å². The van der Waals surface area contributed by atoms with Crippen molar-refractivity contribution in [3.63, 3.8) is 0 Å². The Morgan fingerprint density at radius 1 is 1.17 bits per heavy atom. The third-order valence-electron chi connectivity index (χ3n) is 5.59. The minimum atomic E-state index is -0.00916. The van der Waals surface area contributed by atoms with Crippen LogP contribution >= 0.6 is 0 Å². The average molecular weight is 403 g/mol. The molecule has 1 aromatic carbocycles. The third-order valence-corrected chi connectivity index (χ3v) is 5.59. The first kappa shape index (κ1) is 18.6. The summed E-state index contributed by atoms with van der Waals surface area (Å²) in [6.45, 7) is 0.342.